The van der Waals surface area contributed by atoms with E-state index in [-0.39, 0.29) is 51.3 Å². The number of rotatable bonds is 9. The van der Waals surface area contributed by atoms with E-state index in [1.54, 1.807) is 0 Å². The molecule has 0 bridgehead atoms. The van der Waals surface area contributed by atoms with Gasteiger partial charge in [0.25, 0.3) is 0 Å². The molecule has 0 fully saturated rings. The zero-order valence-electron chi connectivity index (χ0n) is 18.1. The molecule has 0 saturated carbocycles. The van der Waals surface area contributed by atoms with Gasteiger partial charge >= 0.3 is 17.6 Å². The summed E-state index contributed by atoms with van der Waals surface area (Å²) in [7, 11) is 1.41. The van der Waals surface area contributed by atoms with Crippen molar-refractivity contribution >= 4 is 35.1 Å². The third kappa shape index (κ3) is 6.38. The molecule has 182 valence electrons. The molecular formula is C22H17Cl2FN4O6. The summed E-state index contributed by atoms with van der Waals surface area (Å²) in [6.07, 6.45) is -0.899. The third-order valence-electron chi connectivity index (χ3n) is 4.72. The second-order valence-corrected chi connectivity index (χ2v) is 8.06. The number of nitriles is 1. The Morgan fingerprint density at radius 3 is 2.66 bits per heavy atom. The van der Waals surface area contributed by atoms with Crippen LogP contribution in [0, 0.1) is 17.1 Å². The molecule has 0 aliphatic carbocycles. The second-order valence-electron chi connectivity index (χ2n) is 7.21. The highest BCUT2D eigenvalue weighted by molar-refractivity contribution is 6.32. The number of hydrogen-bond donors (Lipinski definition) is 1. The fraction of sp³-hybridized carbons (Fsp3) is 0.227. The Morgan fingerprint density at radius 1 is 1.23 bits per heavy atom. The summed E-state index contributed by atoms with van der Waals surface area (Å²) in [6.45, 7) is -0.529. The molecule has 1 heterocycles. The molecule has 10 nitrogen and oxygen atoms in total. The van der Waals surface area contributed by atoms with Crippen LogP contribution in [0.15, 0.2) is 35.1 Å². The van der Waals surface area contributed by atoms with E-state index in [0.717, 1.165) is 9.25 Å². The van der Waals surface area contributed by atoms with E-state index in [2.05, 4.69) is 5.10 Å². The number of carbonyl (C=O) groups is 2. The molecule has 0 unspecified atom stereocenters. The summed E-state index contributed by atoms with van der Waals surface area (Å²) in [5.41, 5.74) is -0.310. The minimum atomic E-state index is -1.16. The van der Waals surface area contributed by atoms with Gasteiger partial charge in [0, 0.05) is 18.5 Å². The SMILES string of the molecule is Cn1c(Cc2ccc(Cl)c(Oc3cc(Cl)cc(C#N)c3)c2F)nn(COC(=O)CCC(=O)O)c1=O. The number of carboxylic acid groups (broad SMARTS) is 1. The number of halogens is 3. The fourth-order valence-corrected chi connectivity index (χ4v) is 3.37. The lowest BCUT2D eigenvalue weighted by Gasteiger charge is -2.12. The van der Waals surface area contributed by atoms with E-state index in [4.69, 9.17) is 43.0 Å². The van der Waals surface area contributed by atoms with Gasteiger partial charge in [0.05, 0.1) is 29.5 Å². The lowest BCUT2D eigenvalue weighted by molar-refractivity contribution is -0.151. The molecule has 0 aliphatic rings. The van der Waals surface area contributed by atoms with Gasteiger partial charge in [0.2, 0.25) is 0 Å². The topological polar surface area (TPSA) is 136 Å². The van der Waals surface area contributed by atoms with Crippen molar-refractivity contribution in [3.63, 3.8) is 0 Å². The van der Waals surface area contributed by atoms with Gasteiger partial charge in [-0.1, -0.05) is 29.3 Å². The van der Waals surface area contributed by atoms with Gasteiger partial charge in [-0.15, -0.1) is 0 Å². The number of aromatic nitrogens is 3. The summed E-state index contributed by atoms with van der Waals surface area (Å²) in [5, 5.41) is 21.9. The molecule has 3 aromatic rings. The molecule has 13 heteroatoms. The average molecular weight is 523 g/mol. The fourth-order valence-electron chi connectivity index (χ4n) is 2.96. The van der Waals surface area contributed by atoms with Crippen molar-refractivity contribution < 1.29 is 28.6 Å². The van der Waals surface area contributed by atoms with Crippen molar-refractivity contribution in [2.24, 2.45) is 7.05 Å². The summed E-state index contributed by atoms with van der Waals surface area (Å²) in [5.74, 6) is -2.82. The van der Waals surface area contributed by atoms with Crippen LogP contribution >= 0.6 is 23.2 Å². The highest BCUT2D eigenvalue weighted by Gasteiger charge is 2.19. The number of carboxylic acids is 1. The van der Waals surface area contributed by atoms with Gasteiger partial charge in [0.1, 0.15) is 11.6 Å². The predicted octanol–water partition coefficient (Wildman–Crippen LogP) is 3.65. The van der Waals surface area contributed by atoms with Crippen LogP contribution in [0.25, 0.3) is 0 Å². The van der Waals surface area contributed by atoms with Crippen LogP contribution in [-0.4, -0.2) is 31.4 Å². The van der Waals surface area contributed by atoms with Crippen molar-refractivity contribution in [3.8, 4) is 17.6 Å². The van der Waals surface area contributed by atoms with E-state index in [1.165, 1.54) is 37.4 Å². The first-order chi connectivity index (χ1) is 16.6. The van der Waals surface area contributed by atoms with Gasteiger partial charge < -0.3 is 14.6 Å². The number of ether oxygens (including phenoxy) is 2. The Hall–Kier alpha value is -3.88. The maximum atomic E-state index is 15.3. The second kappa shape index (κ2) is 11.0. The Labute approximate surface area is 207 Å². The van der Waals surface area contributed by atoms with Gasteiger partial charge in [-0.3, -0.25) is 14.2 Å². The van der Waals surface area contributed by atoms with Crippen LogP contribution < -0.4 is 10.4 Å². The average Bonchev–Trinajstić information content (AvgIpc) is 3.08. The Kier molecular flexibility index (Phi) is 8.11. The molecule has 2 aromatic carbocycles. The van der Waals surface area contributed by atoms with E-state index >= 15 is 4.39 Å². The molecular weight excluding hydrogens is 506 g/mol. The van der Waals surface area contributed by atoms with Gasteiger partial charge in [-0.05, 0) is 29.8 Å². The maximum Gasteiger partial charge on any atom is 0.348 e. The largest absolute Gasteiger partial charge is 0.481 e. The number of carbonyl (C=O) groups excluding carboxylic acids is 1. The number of nitrogens with zero attached hydrogens (tertiary/aromatic N) is 4. The monoisotopic (exact) mass is 522 g/mol. The molecule has 0 aliphatic heterocycles. The van der Waals surface area contributed by atoms with Crippen molar-refractivity contribution in [2.75, 3.05) is 0 Å². The lowest BCUT2D eigenvalue weighted by Crippen LogP contribution is -2.25. The van der Waals surface area contributed by atoms with Crippen molar-refractivity contribution in [3.05, 3.63) is 73.6 Å². The molecule has 35 heavy (non-hydrogen) atoms. The number of benzene rings is 2. The summed E-state index contributed by atoms with van der Waals surface area (Å²) < 4.78 is 27.7. The number of hydrogen-bond acceptors (Lipinski definition) is 7. The molecule has 0 radical (unpaired) electrons. The predicted molar refractivity (Wildman–Crippen MR) is 121 cm³/mol. The smallest absolute Gasteiger partial charge is 0.348 e. The first kappa shape index (κ1) is 25.7. The van der Waals surface area contributed by atoms with E-state index in [1.807, 2.05) is 6.07 Å². The number of aliphatic carboxylic acids is 1. The Morgan fingerprint density at radius 2 is 1.97 bits per heavy atom. The molecule has 3 rings (SSSR count). The first-order valence-corrected chi connectivity index (χ1v) is 10.7. The van der Waals surface area contributed by atoms with Crippen LogP contribution in [-0.2, 0) is 34.5 Å². The van der Waals surface area contributed by atoms with Crippen LogP contribution in [0.4, 0.5) is 4.39 Å². The van der Waals surface area contributed by atoms with Gasteiger partial charge in [-0.25, -0.2) is 9.18 Å². The van der Waals surface area contributed by atoms with Crippen molar-refractivity contribution in [1.82, 2.24) is 14.3 Å². The van der Waals surface area contributed by atoms with Crippen molar-refractivity contribution in [1.29, 1.82) is 5.26 Å². The Balaban J connectivity index is 1.81. The third-order valence-corrected chi connectivity index (χ3v) is 5.24. The molecule has 0 atom stereocenters. The van der Waals surface area contributed by atoms with Crippen LogP contribution in [0.2, 0.25) is 10.0 Å². The van der Waals surface area contributed by atoms with Crippen LogP contribution in [0.1, 0.15) is 29.8 Å². The highest BCUT2D eigenvalue weighted by atomic mass is 35.5. The van der Waals surface area contributed by atoms with Gasteiger partial charge in [-0.2, -0.15) is 15.0 Å². The van der Waals surface area contributed by atoms with E-state index < -0.39 is 36.6 Å². The summed E-state index contributed by atoms with van der Waals surface area (Å²) in [4.78, 5) is 34.5. The Bertz CT molecular complexity index is 1400. The molecule has 0 saturated heterocycles. The standard InChI is InChI=1S/C22H17Cl2FN4O6/c1-28-17(27-29(22(28)33)11-34-19(32)5-4-18(30)31)8-13-2-3-16(24)21(20(13)25)35-15-7-12(10-26)6-14(23)9-15/h2-3,6-7,9H,4-5,8,11H2,1H3,(H,30,31). The van der Waals surface area contributed by atoms with E-state index in [0.29, 0.717) is 0 Å². The molecule has 1 aromatic heterocycles. The lowest BCUT2D eigenvalue weighted by atomic mass is 10.1. The first-order valence-electron chi connectivity index (χ1n) is 9.94. The number of esters is 1. The van der Waals surface area contributed by atoms with Crippen LogP contribution in [0.3, 0.4) is 0 Å². The summed E-state index contributed by atoms with van der Waals surface area (Å²) in [6, 6.07) is 8.92. The summed E-state index contributed by atoms with van der Waals surface area (Å²) >= 11 is 12.1. The quantitative estimate of drug-likeness (QED) is 0.420. The zero-order chi connectivity index (χ0) is 25.7. The van der Waals surface area contributed by atoms with Crippen molar-refractivity contribution in [2.45, 2.75) is 26.0 Å². The van der Waals surface area contributed by atoms with Gasteiger partial charge in [0.15, 0.2) is 18.3 Å². The molecule has 1 N–H and O–H groups in total. The minimum Gasteiger partial charge on any atom is -0.481 e. The normalized spacial score (nSPS) is 10.6. The van der Waals surface area contributed by atoms with E-state index in [9.17, 15) is 14.4 Å². The molecule has 0 amide bonds. The highest BCUT2D eigenvalue weighted by Crippen LogP contribution is 2.35. The maximum absolute atomic E-state index is 15.3. The van der Waals surface area contributed by atoms with Crippen LogP contribution in [0.5, 0.6) is 11.5 Å². The zero-order valence-corrected chi connectivity index (χ0v) is 19.6. The molecule has 0 spiro atoms. The minimum absolute atomic E-state index is 0.0302.